The van der Waals surface area contributed by atoms with Crippen LogP contribution in [0.3, 0.4) is 0 Å². The molecule has 36 heavy (non-hydrogen) atoms. The smallest absolute Gasteiger partial charge is 0.300 e. The second-order valence-electron chi connectivity index (χ2n) is 9.33. The van der Waals surface area contributed by atoms with Crippen molar-refractivity contribution in [2.45, 2.75) is 19.3 Å². The van der Waals surface area contributed by atoms with Crippen molar-refractivity contribution in [1.29, 1.82) is 0 Å². The predicted molar refractivity (Wildman–Crippen MR) is 144 cm³/mol. The van der Waals surface area contributed by atoms with Crippen LogP contribution >= 0.6 is 0 Å². The zero-order chi connectivity index (χ0) is 23.8. The monoisotopic (exact) mass is 643 g/mol. The summed E-state index contributed by atoms with van der Waals surface area (Å²) in [5, 5.41) is 4.60. The molecule has 0 saturated heterocycles. The molecule has 0 aliphatic carbocycles. The quantitative estimate of drug-likeness (QED) is 0.182. The Hall–Kier alpha value is -3.61. The second kappa shape index (κ2) is 9.80. The van der Waals surface area contributed by atoms with Gasteiger partial charge in [0.25, 0.3) is 0 Å². The van der Waals surface area contributed by atoms with E-state index in [1.54, 1.807) is 0 Å². The first-order chi connectivity index (χ1) is 17.1. The normalized spacial score (nSPS) is 11.4. The van der Waals surface area contributed by atoms with Crippen LogP contribution < -0.4 is 0 Å². The summed E-state index contributed by atoms with van der Waals surface area (Å²) in [6, 6.07) is 44.0. The first-order valence-electron chi connectivity index (χ1n) is 11.9. The first-order valence-corrected chi connectivity index (χ1v) is 11.9. The molecular formula is C33H24N2Pt. The number of nitrogens with zero attached hydrogens (tertiary/aromatic N) is 2. The van der Waals surface area contributed by atoms with Gasteiger partial charge >= 0.3 is 21.1 Å². The van der Waals surface area contributed by atoms with Gasteiger partial charge in [-0.15, -0.1) is 71.8 Å². The van der Waals surface area contributed by atoms with E-state index < -0.39 is 5.41 Å². The van der Waals surface area contributed by atoms with Crippen molar-refractivity contribution in [3.05, 3.63) is 133 Å². The van der Waals surface area contributed by atoms with Gasteiger partial charge in [-0.25, -0.2) is 0 Å². The van der Waals surface area contributed by atoms with Crippen molar-refractivity contribution < 1.29 is 21.1 Å². The molecule has 176 valence electrons. The van der Waals surface area contributed by atoms with Gasteiger partial charge in [0.1, 0.15) is 0 Å². The van der Waals surface area contributed by atoms with E-state index in [4.69, 9.17) is 9.97 Å². The maximum atomic E-state index is 5.25. The molecule has 0 N–H and O–H groups in total. The number of fused-ring (bicyclic) bond motifs is 2. The molecule has 2 nitrogen and oxygen atoms in total. The van der Waals surface area contributed by atoms with Crippen LogP contribution in [0, 0.1) is 12.1 Å². The maximum Gasteiger partial charge on any atom is 2.00 e. The van der Waals surface area contributed by atoms with E-state index >= 15 is 0 Å². The standard InChI is InChI=1S/C33H24N2.Pt/c1-33(2,31-27-19-11-9-17-25(27)21-29(34-31)23-13-5-3-6-14-23)32-28-20-12-10-18-26(28)22-30(35-32)24-15-7-4-8-16-24;/h3-13,15,17-22H,1-2H3;/q-2;+2. The molecule has 2 aromatic heterocycles. The summed E-state index contributed by atoms with van der Waals surface area (Å²) in [6.07, 6.45) is 0. The average molecular weight is 644 g/mol. The number of pyridine rings is 2. The predicted octanol–water partition coefficient (Wildman–Crippen LogP) is 8.04. The van der Waals surface area contributed by atoms with Gasteiger partial charge in [-0.1, -0.05) is 60.7 Å². The molecule has 2 heterocycles. The topological polar surface area (TPSA) is 25.8 Å². The molecule has 0 radical (unpaired) electrons. The molecule has 0 aliphatic heterocycles. The van der Waals surface area contributed by atoms with Gasteiger partial charge in [-0.2, -0.15) is 0 Å². The molecule has 0 bridgehead atoms. The van der Waals surface area contributed by atoms with Crippen LogP contribution in [0.25, 0.3) is 44.1 Å². The third-order valence-corrected chi connectivity index (χ3v) is 6.63. The number of hydrogen-bond donors (Lipinski definition) is 0. The van der Waals surface area contributed by atoms with E-state index in [9.17, 15) is 0 Å². The van der Waals surface area contributed by atoms with Gasteiger partial charge in [0.2, 0.25) is 0 Å². The van der Waals surface area contributed by atoms with Gasteiger partial charge in [0.15, 0.2) is 0 Å². The third kappa shape index (κ3) is 4.27. The van der Waals surface area contributed by atoms with Crippen LogP contribution in [0.15, 0.2) is 109 Å². The second-order valence-corrected chi connectivity index (χ2v) is 9.33. The summed E-state index contributed by atoms with van der Waals surface area (Å²) < 4.78 is 0. The van der Waals surface area contributed by atoms with Gasteiger partial charge in [-0.05, 0) is 36.0 Å². The molecule has 0 saturated carbocycles. The van der Waals surface area contributed by atoms with Crippen LogP contribution in [0.1, 0.15) is 25.2 Å². The fourth-order valence-corrected chi connectivity index (χ4v) is 4.84. The summed E-state index contributed by atoms with van der Waals surface area (Å²) in [6.45, 7) is 4.46. The zero-order valence-electron chi connectivity index (χ0n) is 20.1. The Balaban J connectivity index is 0.00000267. The van der Waals surface area contributed by atoms with E-state index in [1.807, 2.05) is 36.4 Å². The van der Waals surface area contributed by atoms with Crippen molar-refractivity contribution in [2.75, 3.05) is 0 Å². The molecule has 0 spiro atoms. The van der Waals surface area contributed by atoms with Crippen LogP contribution in [0.5, 0.6) is 0 Å². The summed E-state index contributed by atoms with van der Waals surface area (Å²) in [5.41, 5.74) is 5.37. The molecule has 6 rings (SSSR count). The Labute approximate surface area is 226 Å². The van der Waals surface area contributed by atoms with E-state index in [1.165, 1.54) is 0 Å². The van der Waals surface area contributed by atoms with E-state index in [0.717, 1.165) is 55.4 Å². The number of hydrogen-bond acceptors (Lipinski definition) is 2. The molecule has 6 aromatic rings. The van der Waals surface area contributed by atoms with Gasteiger partial charge < -0.3 is 0 Å². The van der Waals surface area contributed by atoms with E-state index in [0.29, 0.717) is 0 Å². The van der Waals surface area contributed by atoms with Crippen molar-refractivity contribution in [3.8, 4) is 22.5 Å². The van der Waals surface area contributed by atoms with Crippen LogP contribution in [0.4, 0.5) is 0 Å². The van der Waals surface area contributed by atoms with Crippen molar-refractivity contribution in [2.24, 2.45) is 0 Å². The first kappa shape index (κ1) is 24.1. The van der Waals surface area contributed by atoms with Crippen LogP contribution in [0.2, 0.25) is 0 Å². The Bertz CT molecular complexity index is 1530. The number of rotatable bonds is 4. The molecular weight excluding hydrogens is 619 g/mol. The maximum absolute atomic E-state index is 5.25. The van der Waals surface area contributed by atoms with E-state index in [2.05, 4.69) is 98.8 Å². The zero-order valence-corrected chi connectivity index (χ0v) is 22.4. The van der Waals surface area contributed by atoms with Crippen molar-refractivity contribution in [1.82, 2.24) is 9.97 Å². The fraction of sp³-hybridized carbons (Fsp3) is 0.0909. The van der Waals surface area contributed by atoms with E-state index in [-0.39, 0.29) is 21.1 Å². The van der Waals surface area contributed by atoms with Gasteiger partial charge in [0.05, 0.1) is 0 Å². The Morgan fingerprint density at radius 3 is 1.39 bits per heavy atom. The molecule has 4 aromatic carbocycles. The van der Waals surface area contributed by atoms with Gasteiger partial charge in [-0.3, -0.25) is 9.97 Å². The minimum atomic E-state index is -0.464. The summed E-state index contributed by atoms with van der Waals surface area (Å²) in [4.78, 5) is 10.5. The Morgan fingerprint density at radius 1 is 0.556 bits per heavy atom. The average Bonchev–Trinajstić information content (AvgIpc) is 2.92. The molecule has 0 atom stereocenters. The number of benzene rings is 4. The molecule has 0 unspecified atom stereocenters. The largest absolute Gasteiger partial charge is 2.00 e. The van der Waals surface area contributed by atoms with Crippen LogP contribution in [-0.2, 0) is 26.5 Å². The third-order valence-electron chi connectivity index (χ3n) is 6.63. The number of aromatic nitrogens is 2. The Morgan fingerprint density at radius 2 is 0.972 bits per heavy atom. The van der Waals surface area contributed by atoms with Gasteiger partial charge in [0, 0.05) is 27.6 Å². The minimum Gasteiger partial charge on any atom is -0.300 e. The SMILES string of the molecule is CC(C)(c1nc(-c2[c-]cccc2)cc2ccccc12)c1nc(-c2[c-]cccc2)cc2ccccc12.[Pt+2]. The van der Waals surface area contributed by atoms with Crippen molar-refractivity contribution in [3.63, 3.8) is 0 Å². The summed E-state index contributed by atoms with van der Waals surface area (Å²) in [7, 11) is 0. The van der Waals surface area contributed by atoms with Crippen molar-refractivity contribution >= 4 is 21.5 Å². The molecule has 0 aliphatic rings. The summed E-state index contributed by atoms with van der Waals surface area (Å²) >= 11 is 0. The van der Waals surface area contributed by atoms with Crippen LogP contribution in [-0.4, -0.2) is 9.97 Å². The fourth-order valence-electron chi connectivity index (χ4n) is 4.84. The molecule has 0 amide bonds. The molecule has 3 heteroatoms. The molecule has 0 fully saturated rings. The minimum absolute atomic E-state index is 0. The Kier molecular flexibility index (Phi) is 6.56. The summed E-state index contributed by atoms with van der Waals surface area (Å²) in [5.74, 6) is 0.